The summed E-state index contributed by atoms with van der Waals surface area (Å²) in [6, 6.07) is 8.21. The fourth-order valence-corrected chi connectivity index (χ4v) is 2.77. The minimum absolute atomic E-state index is 0.220. The van der Waals surface area contributed by atoms with Crippen molar-refractivity contribution >= 4 is 11.0 Å². The number of hydrogen-bond donors (Lipinski definition) is 1. The Morgan fingerprint density at radius 1 is 1.32 bits per heavy atom. The number of hydrogen-bond acceptors (Lipinski definition) is 4. The number of benzene rings is 1. The minimum Gasteiger partial charge on any atom is -0.381 e. The first-order valence-corrected chi connectivity index (χ1v) is 6.85. The van der Waals surface area contributed by atoms with Crippen molar-refractivity contribution < 1.29 is 4.74 Å². The molecule has 1 fully saturated rings. The Bertz CT molecular complexity index is 552. The first kappa shape index (κ1) is 12.5. The fraction of sp³-hybridized carbons (Fsp3) is 0.467. The summed E-state index contributed by atoms with van der Waals surface area (Å²) in [7, 11) is 1.98. The van der Waals surface area contributed by atoms with Gasteiger partial charge in [0.05, 0.1) is 35.6 Å². The molecule has 0 spiro atoms. The van der Waals surface area contributed by atoms with E-state index < -0.39 is 0 Å². The van der Waals surface area contributed by atoms with Gasteiger partial charge in [0, 0.05) is 12.5 Å². The van der Waals surface area contributed by atoms with Crippen LogP contribution in [0.15, 0.2) is 30.5 Å². The molecule has 1 aliphatic heterocycles. The van der Waals surface area contributed by atoms with E-state index in [0.717, 1.165) is 36.4 Å². The molecule has 19 heavy (non-hydrogen) atoms. The van der Waals surface area contributed by atoms with E-state index >= 15 is 0 Å². The lowest BCUT2D eigenvalue weighted by molar-refractivity contribution is 0.0396. The molecule has 0 aliphatic carbocycles. The second-order valence-electron chi connectivity index (χ2n) is 5.03. The molecule has 4 heteroatoms. The molecule has 1 N–H and O–H groups in total. The van der Waals surface area contributed by atoms with Gasteiger partial charge in [-0.2, -0.15) is 0 Å². The highest BCUT2D eigenvalue weighted by Crippen LogP contribution is 2.27. The van der Waals surface area contributed by atoms with Crippen LogP contribution in [0.1, 0.15) is 24.6 Å². The van der Waals surface area contributed by atoms with E-state index in [1.807, 2.05) is 37.5 Å². The molecular weight excluding hydrogens is 238 g/mol. The maximum Gasteiger partial charge on any atom is 0.0890 e. The molecule has 4 nitrogen and oxygen atoms in total. The monoisotopic (exact) mass is 257 g/mol. The first-order valence-electron chi connectivity index (χ1n) is 6.85. The van der Waals surface area contributed by atoms with Crippen molar-refractivity contribution in [2.75, 3.05) is 20.3 Å². The molecule has 0 bridgehead atoms. The molecular formula is C15H19N3O. The van der Waals surface area contributed by atoms with Crippen molar-refractivity contribution in [3.63, 3.8) is 0 Å². The average Bonchev–Trinajstić information content (AvgIpc) is 2.49. The maximum absolute atomic E-state index is 5.59. The normalized spacial score (nSPS) is 21.4. The lowest BCUT2D eigenvalue weighted by atomic mass is 9.92. The number of rotatable bonds is 3. The van der Waals surface area contributed by atoms with E-state index in [-0.39, 0.29) is 6.04 Å². The highest BCUT2D eigenvalue weighted by molar-refractivity contribution is 5.73. The van der Waals surface area contributed by atoms with Crippen molar-refractivity contribution in [3.05, 3.63) is 36.2 Å². The van der Waals surface area contributed by atoms with Gasteiger partial charge in [0.25, 0.3) is 0 Å². The molecule has 2 heterocycles. The summed E-state index contributed by atoms with van der Waals surface area (Å²) >= 11 is 0. The number of nitrogens with one attached hydrogen (secondary N) is 1. The van der Waals surface area contributed by atoms with Gasteiger partial charge in [-0.3, -0.25) is 4.98 Å². The summed E-state index contributed by atoms with van der Waals surface area (Å²) in [4.78, 5) is 9.24. The Morgan fingerprint density at radius 3 is 2.89 bits per heavy atom. The highest BCUT2D eigenvalue weighted by Gasteiger charge is 2.25. The van der Waals surface area contributed by atoms with Crippen LogP contribution in [-0.4, -0.2) is 30.2 Å². The summed E-state index contributed by atoms with van der Waals surface area (Å²) < 4.78 is 5.59. The lowest BCUT2D eigenvalue weighted by Crippen LogP contribution is -2.32. The molecule has 1 aromatic heterocycles. The number of nitrogens with zero attached hydrogens (tertiary/aromatic N) is 2. The smallest absolute Gasteiger partial charge is 0.0890 e. The van der Waals surface area contributed by atoms with Crippen LogP contribution in [-0.2, 0) is 4.74 Å². The molecule has 2 unspecified atom stereocenters. The highest BCUT2D eigenvalue weighted by atomic mass is 16.5. The van der Waals surface area contributed by atoms with E-state index in [1.165, 1.54) is 6.42 Å². The predicted octanol–water partition coefficient (Wildman–Crippen LogP) is 2.32. The summed E-state index contributed by atoms with van der Waals surface area (Å²) in [5, 5.41) is 3.37. The molecule has 2 aromatic rings. The van der Waals surface area contributed by atoms with Crippen molar-refractivity contribution in [2.24, 2.45) is 5.92 Å². The van der Waals surface area contributed by atoms with Gasteiger partial charge < -0.3 is 10.1 Å². The second-order valence-corrected chi connectivity index (χ2v) is 5.03. The van der Waals surface area contributed by atoms with Gasteiger partial charge in [0.2, 0.25) is 0 Å². The quantitative estimate of drug-likeness (QED) is 0.916. The molecule has 1 aliphatic rings. The number of para-hydroxylation sites is 2. The van der Waals surface area contributed by atoms with Crippen molar-refractivity contribution in [2.45, 2.75) is 18.9 Å². The lowest BCUT2D eigenvalue weighted by Gasteiger charge is -2.29. The van der Waals surface area contributed by atoms with Gasteiger partial charge in [-0.05, 0) is 32.0 Å². The van der Waals surface area contributed by atoms with Crippen molar-refractivity contribution in [1.82, 2.24) is 15.3 Å². The second kappa shape index (κ2) is 5.63. The van der Waals surface area contributed by atoms with Gasteiger partial charge in [-0.15, -0.1) is 0 Å². The average molecular weight is 257 g/mol. The molecule has 0 radical (unpaired) electrons. The van der Waals surface area contributed by atoms with Crippen LogP contribution in [0.5, 0.6) is 0 Å². The topological polar surface area (TPSA) is 47.0 Å². The van der Waals surface area contributed by atoms with Gasteiger partial charge in [0.1, 0.15) is 0 Å². The fourth-order valence-electron chi connectivity index (χ4n) is 2.77. The Balaban J connectivity index is 1.91. The molecule has 0 saturated carbocycles. The maximum atomic E-state index is 5.59. The molecule has 3 rings (SSSR count). The number of fused-ring (bicyclic) bond motifs is 1. The summed E-state index contributed by atoms with van der Waals surface area (Å²) in [6.07, 6.45) is 4.20. The molecule has 100 valence electrons. The van der Waals surface area contributed by atoms with E-state index in [1.54, 1.807) is 0 Å². The van der Waals surface area contributed by atoms with E-state index in [9.17, 15) is 0 Å². The third kappa shape index (κ3) is 2.60. The number of ether oxygens (including phenoxy) is 1. The van der Waals surface area contributed by atoms with Crippen LogP contribution in [0.2, 0.25) is 0 Å². The molecule has 1 saturated heterocycles. The SMILES string of the molecule is CNC(c1cnc2ccccc2n1)C1CCCOC1. The molecule has 2 atom stereocenters. The van der Waals surface area contributed by atoms with Gasteiger partial charge in [0.15, 0.2) is 0 Å². The predicted molar refractivity (Wildman–Crippen MR) is 74.9 cm³/mol. The Kier molecular flexibility index (Phi) is 3.71. The summed E-state index contributed by atoms with van der Waals surface area (Å²) in [5.41, 5.74) is 2.91. The molecule has 1 aromatic carbocycles. The summed E-state index contributed by atoms with van der Waals surface area (Å²) in [5.74, 6) is 0.481. The zero-order chi connectivity index (χ0) is 13.1. The van der Waals surface area contributed by atoms with Crippen molar-refractivity contribution in [1.29, 1.82) is 0 Å². The van der Waals surface area contributed by atoms with E-state index in [0.29, 0.717) is 5.92 Å². The first-order chi connectivity index (χ1) is 9.38. The largest absolute Gasteiger partial charge is 0.381 e. The van der Waals surface area contributed by atoms with Gasteiger partial charge in [-0.1, -0.05) is 12.1 Å². The number of aromatic nitrogens is 2. The third-order valence-corrected chi connectivity index (χ3v) is 3.76. The van der Waals surface area contributed by atoms with Crippen LogP contribution in [0, 0.1) is 5.92 Å². The third-order valence-electron chi connectivity index (χ3n) is 3.76. The Morgan fingerprint density at radius 2 is 2.16 bits per heavy atom. The van der Waals surface area contributed by atoms with Crippen LogP contribution >= 0.6 is 0 Å². The summed E-state index contributed by atoms with van der Waals surface area (Å²) in [6.45, 7) is 1.69. The molecule has 0 amide bonds. The minimum atomic E-state index is 0.220. The standard InChI is InChI=1S/C15H19N3O/c1-16-15(11-5-4-8-19-10-11)14-9-17-12-6-2-3-7-13(12)18-14/h2-3,6-7,9,11,15-16H,4-5,8,10H2,1H3. The Labute approximate surface area is 113 Å². The van der Waals surface area contributed by atoms with Crippen molar-refractivity contribution in [3.8, 4) is 0 Å². The van der Waals surface area contributed by atoms with Crippen LogP contribution < -0.4 is 5.32 Å². The zero-order valence-electron chi connectivity index (χ0n) is 11.2. The van der Waals surface area contributed by atoms with E-state index in [2.05, 4.69) is 10.3 Å². The van der Waals surface area contributed by atoms with Crippen LogP contribution in [0.25, 0.3) is 11.0 Å². The zero-order valence-corrected chi connectivity index (χ0v) is 11.2. The van der Waals surface area contributed by atoms with E-state index in [4.69, 9.17) is 9.72 Å². The van der Waals surface area contributed by atoms with Crippen LogP contribution in [0.3, 0.4) is 0 Å². The Hall–Kier alpha value is -1.52. The van der Waals surface area contributed by atoms with Crippen LogP contribution in [0.4, 0.5) is 0 Å². The van der Waals surface area contributed by atoms with Gasteiger partial charge >= 0.3 is 0 Å². The van der Waals surface area contributed by atoms with Gasteiger partial charge in [-0.25, -0.2) is 4.98 Å².